The quantitative estimate of drug-likeness (QED) is 0.338. The van der Waals surface area contributed by atoms with Crippen molar-refractivity contribution in [2.45, 2.75) is 13.0 Å². The first kappa shape index (κ1) is 11.7. The van der Waals surface area contributed by atoms with Crippen molar-refractivity contribution in [1.29, 1.82) is 0 Å². The van der Waals surface area contributed by atoms with Crippen LogP contribution in [0.3, 0.4) is 0 Å². The van der Waals surface area contributed by atoms with Gasteiger partial charge in [0.25, 0.3) is 0 Å². The summed E-state index contributed by atoms with van der Waals surface area (Å²) in [5.41, 5.74) is 0. The van der Waals surface area contributed by atoms with Gasteiger partial charge < -0.3 is 15.0 Å². The number of carboxylic acids is 1. The molecule has 3 N–H and O–H groups in total. The minimum atomic E-state index is -1.44. The average Bonchev–Trinajstić information content (AvgIpc) is 1.68. The van der Waals surface area contributed by atoms with Crippen molar-refractivity contribution in [3.05, 3.63) is 0 Å². The zero-order valence-electron chi connectivity index (χ0n) is 4.81. The van der Waals surface area contributed by atoms with Gasteiger partial charge in [0.15, 0.2) is 0 Å². The summed E-state index contributed by atoms with van der Waals surface area (Å²) in [6.45, 7) is 1.13. The third kappa shape index (κ3) is 18.1. The predicted molar refractivity (Wildman–Crippen MR) is 26.9 cm³/mol. The molecule has 0 aromatic heterocycles. The fourth-order valence-corrected chi connectivity index (χ4v) is 0. The summed E-state index contributed by atoms with van der Waals surface area (Å²) in [6.07, 6.45) is -1.34. The molecule has 0 amide bonds. The van der Waals surface area contributed by atoms with Crippen molar-refractivity contribution in [2.75, 3.05) is 0 Å². The Bertz CT molecular complexity index is 72.6. The van der Waals surface area contributed by atoms with Crippen LogP contribution >= 0.6 is 0 Å². The topological polar surface area (TPSA) is 101 Å². The number of aliphatic hydroxyl groups excluding tert-OH is 1. The molecule has 0 aromatic carbocycles. The standard InChI is InChI=1S/C3H6O3.Al.2H2O/c1-2(4)3(5)6;;;/h2,4H,1H3,(H,5,6);;2*1H2/q;+3;;/p-3. The maximum absolute atomic E-state index is 9.34. The van der Waals surface area contributed by atoms with E-state index in [9.17, 15) is 9.90 Å². The van der Waals surface area contributed by atoms with Gasteiger partial charge in [-0.15, -0.1) is 0 Å². The molecule has 0 aromatic rings. The van der Waals surface area contributed by atoms with Crippen molar-refractivity contribution >= 4 is 21.9 Å². The molecule has 6 heteroatoms. The van der Waals surface area contributed by atoms with Crippen LogP contribution in [0.4, 0.5) is 0 Å². The Hall–Kier alpha value is -0.118. The molecule has 0 bridgehead atoms. The van der Waals surface area contributed by atoms with Gasteiger partial charge in [0.2, 0.25) is 0 Å². The van der Waals surface area contributed by atoms with E-state index in [1.165, 1.54) is 0 Å². The molecule has 1 unspecified atom stereocenters. The molecule has 0 saturated carbocycles. The number of aliphatic carboxylic acids is 1. The summed E-state index contributed by atoms with van der Waals surface area (Å²) < 4.78 is 14.4. The molecule has 1 atom stereocenters. The fourth-order valence-electron chi connectivity index (χ4n) is 0. The summed E-state index contributed by atoms with van der Waals surface area (Å²) in [6, 6.07) is 0. The Labute approximate surface area is 58.9 Å². The molecule has 0 spiro atoms. The summed E-state index contributed by atoms with van der Waals surface area (Å²) in [5, 5.41) is 17.3. The Kier molecular flexibility index (Phi) is 10.2. The zero-order chi connectivity index (χ0) is 7.86. The van der Waals surface area contributed by atoms with Crippen molar-refractivity contribution in [1.82, 2.24) is 0 Å². The van der Waals surface area contributed by atoms with Gasteiger partial charge in [-0.3, -0.25) is 0 Å². The fraction of sp³-hybridized carbons (Fsp3) is 0.667. The first-order valence-corrected chi connectivity index (χ1v) is 3.08. The molecule has 0 heterocycles. The van der Waals surface area contributed by atoms with Crippen molar-refractivity contribution in [3.63, 3.8) is 0 Å². The van der Waals surface area contributed by atoms with Crippen molar-refractivity contribution in [2.24, 2.45) is 0 Å². The monoisotopic (exact) mass is 150 g/mol. The molecule has 9 heavy (non-hydrogen) atoms. The molecular weight excluding hydrogens is 143 g/mol. The first-order chi connectivity index (χ1) is 4.06. The number of hydrogen-bond acceptors (Lipinski definition) is 5. The Morgan fingerprint density at radius 2 is 1.78 bits per heavy atom. The molecular formula is C3H7AlO5. The van der Waals surface area contributed by atoms with Crippen LogP contribution in [0.5, 0.6) is 0 Å². The van der Waals surface area contributed by atoms with E-state index in [1.807, 2.05) is 0 Å². The van der Waals surface area contributed by atoms with Crippen LogP contribution in [0, 0.1) is 0 Å². The molecule has 0 radical (unpaired) electrons. The van der Waals surface area contributed by atoms with E-state index in [1.54, 1.807) is 0 Å². The van der Waals surface area contributed by atoms with Crippen molar-refractivity contribution in [3.8, 4) is 0 Å². The number of aliphatic hydroxyl groups is 1. The third-order valence-corrected chi connectivity index (χ3v) is 0.341. The number of carboxylic acid groups (broad SMARTS) is 1. The number of carbonyl (C=O) groups excluding carboxylic acids is 1. The van der Waals surface area contributed by atoms with Gasteiger partial charge in [-0.25, -0.2) is 0 Å². The Balaban J connectivity index is 0. The van der Waals surface area contributed by atoms with Crippen molar-refractivity contribution < 1.29 is 23.3 Å². The third-order valence-electron chi connectivity index (χ3n) is 0.341. The van der Waals surface area contributed by atoms with E-state index in [0.717, 1.165) is 6.92 Å². The maximum atomic E-state index is 9.34. The molecule has 0 aliphatic heterocycles. The second-order valence-corrected chi connectivity index (χ2v) is 1.34. The van der Waals surface area contributed by atoms with Crippen LogP contribution in [0.2, 0.25) is 0 Å². The number of hydrogen-bond donors (Lipinski definition) is 3. The first-order valence-electron chi connectivity index (χ1n) is 2.05. The minimum absolute atomic E-state index is 1.13. The van der Waals surface area contributed by atoms with E-state index in [4.69, 9.17) is 13.4 Å². The van der Waals surface area contributed by atoms with Crippen LogP contribution in [0.1, 0.15) is 6.92 Å². The normalized spacial score (nSPS) is 10.2. The van der Waals surface area contributed by atoms with E-state index < -0.39 is 28.0 Å². The average molecular weight is 150 g/mol. The van der Waals surface area contributed by atoms with Crippen LogP contribution in [0.15, 0.2) is 0 Å². The number of carbonyl (C=O) groups is 1. The second kappa shape index (κ2) is 7.88. The van der Waals surface area contributed by atoms with Gasteiger partial charge in [-0.1, -0.05) is 0 Å². The van der Waals surface area contributed by atoms with E-state index >= 15 is 0 Å². The van der Waals surface area contributed by atoms with Crippen LogP contribution < -0.4 is 5.11 Å². The Morgan fingerprint density at radius 1 is 1.67 bits per heavy atom. The van der Waals surface area contributed by atoms with Gasteiger partial charge in [0, 0.05) is 0 Å². The van der Waals surface area contributed by atoms with Gasteiger partial charge in [-0.2, -0.15) is 0 Å². The SMILES string of the molecule is CC(O)C(=O)[O-].[OH][Al+][OH]. The van der Waals surface area contributed by atoms with E-state index in [-0.39, 0.29) is 0 Å². The van der Waals surface area contributed by atoms with Gasteiger partial charge in [-0.05, 0) is 6.92 Å². The van der Waals surface area contributed by atoms with Gasteiger partial charge >= 0.3 is 24.2 Å². The van der Waals surface area contributed by atoms with Crippen LogP contribution in [-0.2, 0) is 4.79 Å². The van der Waals surface area contributed by atoms with Crippen LogP contribution in [-0.4, -0.2) is 41.4 Å². The summed E-state index contributed by atoms with van der Waals surface area (Å²) in [7, 11) is 0. The zero-order valence-corrected chi connectivity index (χ0v) is 5.97. The summed E-state index contributed by atoms with van der Waals surface area (Å²) in [5.74, 6) is -1.44. The van der Waals surface area contributed by atoms with E-state index in [0.29, 0.717) is 0 Å². The molecule has 0 rings (SSSR count). The number of rotatable bonds is 1. The summed E-state index contributed by atoms with van der Waals surface area (Å²) in [4.78, 5) is 9.34. The second-order valence-electron chi connectivity index (χ2n) is 1.11. The molecule has 0 fully saturated rings. The molecule has 5 nitrogen and oxygen atoms in total. The molecule has 52 valence electrons. The Morgan fingerprint density at radius 3 is 1.78 bits per heavy atom. The van der Waals surface area contributed by atoms with E-state index in [2.05, 4.69) is 0 Å². The molecule has 0 saturated heterocycles. The van der Waals surface area contributed by atoms with Crippen LogP contribution in [0.25, 0.3) is 0 Å². The molecule has 0 aliphatic carbocycles. The predicted octanol–water partition coefficient (Wildman–Crippen LogP) is -3.38. The molecule has 0 aliphatic rings. The van der Waals surface area contributed by atoms with Gasteiger partial charge in [0.1, 0.15) is 0 Å². The van der Waals surface area contributed by atoms with Gasteiger partial charge in [0.05, 0.1) is 12.1 Å². The summed E-state index contributed by atoms with van der Waals surface area (Å²) >= 11 is -1.25.